The highest BCUT2D eigenvalue weighted by molar-refractivity contribution is 8.26. The highest BCUT2D eigenvalue weighted by Gasteiger charge is 2.32. The van der Waals surface area contributed by atoms with Gasteiger partial charge in [0.25, 0.3) is 5.91 Å². The SMILES string of the molecule is Cc1cccc(NC(=O)CSc2nc3ccccc3n2C(=O)CCN2C(=O)/C(=C/c3cccs3)SC2=S)c1. The number of thiocarbonyl (C=S) groups is 1. The molecule has 3 heterocycles. The molecule has 7 nitrogen and oxygen atoms in total. The summed E-state index contributed by atoms with van der Waals surface area (Å²) >= 11 is 9.41. The Morgan fingerprint density at radius 2 is 1.97 bits per heavy atom. The van der Waals surface area contributed by atoms with Gasteiger partial charge in [0.2, 0.25) is 11.8 Å². The molecular weight excluding hydrogens is 557 g/mol. The number of imidazole rings is 1. The van der Waals surface area contributed by atoms with Crippen molar-refractivity contribution in [2.45, 2.75) is 18.5 Å². The van der Waals surface area contributed by atoms with Crippen LogP contribution in [0, 0.1) is 6.92 Å². The Morgan fingerprint density at radius 1 is 1.13 bits per heavy atom. The molecule has 2 amide bonds. The number of aromatic nitrogens is 2. The van der Waals surface area contributed by atoms with Crippen LogP contribution in [0.3, 0.4) is 0 Å². The van der Waals surface area contributed by atoms with Crippen molar-refractivity contribution in [3.05, 3.63) is 81.4 Å². The Hall–Kier alpha value is -3.25. The van der Waals surface area contributed by atoms with Crippen molar-refractivity contribution in [1.29, 1.82) is 0 Å². The predicted molar refractivity (Wildman–Crippen MR) is 160 cm³/mol. The monoisotopic (exact) mass is 578 g/mol. The van der Waals surface area contributed by atoms with Crippen LogP contribution in [0.4, 0.5) is 5.69 Å². The van der Waals surface area contributed by atoms with Gasteiger partial charge in [0.15, 0.2) is 5.16 Å². The summed E-state index contributed by atoms with van der Waals surface area (Å²) in [6.07, 6.45) is 1.88. The summed E-state index contributed by atoms with van der Waals surface area (Å²) in [5.74, 6) is -0.523. The van der Waals surface area contributed by atoms with Gasteiger partial charge in [0.1, 0.15) is 4.32 Å². The Kier molecular flexibility index (Phi) is 8.08. The van der Waals surface area contributed by atoms with E-state index in [-0.39, 0.29) is 36.4 Å². The van der Waals surface area contributed by atoms with E-state index in [4.69, 9.17) is 12.2 Å². The number of rotatable bonds is 8. The van der Waals surface area contributed by atoms with Crippen LogP contribution in [0.5, 0.6) is 0 Å². The number of carbonyl (C=O) groups is 3. The summed E-state index contributed by atoms with van der Waals surface area (Å²) in [5.41, 5.74) is 3.08. The van der Waals surface area contributed by atoms with Crippen LogP contribution in [-0.2, 0) is 9.59 Å². The molecule has 38 heavy (non-hydrogen) atoms. The van der Waals surface area contributed by atoms with Crippen molar-refractivity contribution in [3.63, 3.8) is 0 Å². The van der Waals surface area contributed by atoms with Crippen LogP contribution in [-0.4, -0.2) is 48.8 Å². The number of thioether (sulfide) groups is 2. The molecule has 1 saturated heterocycles. The van der Waals surface area contributed by atoms with Crippen LogP contribution in [0.15, 0.2) is 76.1 Å². The lowest BCUT2D eigenvalue weighted by Crippen LogP contribution is -2.31. The van der Waals surface area contributed by atoms with Crippen molar-refractivity contribution < 1.29 is 14.4 Å². The lowest BCUT2D eigenvalue weighted by molar-refractivity contribution is -0.122. The highest BCUT2D eigenvalue weighted by atomic mass is 32.2. The van der Waals surface area contributed by atoms with Crippen LogP contribution < -0.4 is 5.32 Å². The Balaban J connectivity index is 1.28. The van der Waals surface area contributed by atoms with Crippen molar-refractivity contribution in [1.82, 2.24) is 14.5 Å². The van der Waals surface area contributed by atoms with E-state index < -0.39 is 0 Å². The number of para-hydroxylation sites is 2. The molecule has 0 bridgehead atoms. The molecule has 0 unspecified atom stereocenters. The third kappa shape index (κ3) is 5.91. The van der Waals surface area contributed by atoms with Gasteiger partial charge in [0.05, 0.1) is 21.7 Å². The normalized spacial score (nSPS) is 14.6. The van der Waals surface area contributed by atoms with Crippen LogP contribution in [0.1, 0.15) is 21.7 Å². The van der Waals surface area contributed by atoms with E-state index in [1.807, 2.05) is 79.0 Å². The topological polar surface area (TPSA) is 84.3 Å². The number of amides is 2. The zero-order chi connectivity index (χ0) is 26.6. The molecule has 1 N–H and O–H groups in total. The molecule has 2 aromatic carbocycles. The molecule has 0 aliphatic carbocycles. The summed E-state index contributed by atoms with van der Waals surface area (Å²) in [7, 11) is 0. The third-order valence-electron chi connectivity index (χ3n) is 5.65. The zero-order valence-electron chi connectivity index (χ0n) is 20.2. The number of aryl methyl sites for hydroxylation is 1. The number of carbonyl (C=O) groups excluding carboxylic acids is 3. The molecule has 0 saturated carbocycles. The second kappa shape index (κ2) is 11.6. The Labute approximate surface area is 237 Å². The first-order chi connectivity index (χ1) is 18.4. The molecule has 4 aromatic rings. The van der Waals surface area contributed by atoms with Crippen LogP contribution in [0.25, 0.3) is 17.1 Å². The number of hydrogen-bond donors (Lipinski definition) is 1. The third-order valence-corrected chi connectivity index (χ3v) is 8.79. The van der Waals surface area contributed by atoms with E-state index in [9.17, 15) is 14.4 Å². The number of nitrogens with zero attached hydrogens (tertiary/aromatic N) is 3. The first kappa shape index (κ1) is 26.4. The molecule has 5 rings (SSSR count). The van der Waals surface area contributed by atoms with Gasteiger partial charge in [-0.25, -0.2) is 4.98 Å². The molecule has 11 heteroatoms. The van der Waals surface area contributed by atoms with Gasteiger partial charge in [-0.3, -0.25) is 23.9 Å². The van der Waals surface area contributed by atoms with Crippen molar-refractivity contribution >= 4 is 91.9 Å². The molecule has 192 valence electrons. The highest BCUT2D eigenvalue weighted by Crippen LogP contribution is 2.33. The van der Waals surface area contributed by atoms with Gasteiger partial charge in [-0.2, -0.15) is 0 Å². The first-order valence-corrected chi connectivity index (χ1v) is 14.8. The summed E-state index contributed by atoms with van der Waals surface area (Å²) in [5, 5.41) is 5.26. The van der Waals surface area contributed by atoms with Crippen molar-refractivity contribution in [2.75, 3.05) is 17.6 Å². The molecule has 0 spiro atoms. The number of hydrogen-bond acceptors (Lipinski definition) is 8. The smallest absolute Gasteiger partial charge is 0.266 e. The van der Waals surface area contributed by atoms with Crippen molar-refractivity contribution in [2.24, 2.45) is 0 Å². The number of fused-ring (bicyclic) bond motifs is 1. The molecule has 1 aliphatic heterocycles. The Morgan fingerprint density at radius 3 is 2.76 bits per heavy atom. The lowest BCUT2D eigenvalue weighted by Gasteiger charge is -2.14. The molecule has 1 aliphatic rings. The summed E-state index contributed by atoms with van der Waals surface area (Å²) in [4.78, 5) is 46.6. The second-order valence-corrected chi connectivity index (χ2v) is 12.0. The van der Waals surface area contributed by atoms with Gasteiger partial charge in [-0.05, 0) is 54.3 Å². The second-order valence-electron chi connectivity index (χ2n) is 8.42. The quantitative estimate of drug-likeness (QED) is 0.154. The van der Waals surface area contributed by atoms with Crippen molar-refractivity contribution in [3.8, 4) is 0 Å². The molecule has 1 fully saturated rings. The van der Waals surface area contributed by atoms with Gasteiger partial charge in [-0.15, -0.1) is 11.3 Å². The number of benzene rings is 2. The van der Waals surface area contributed by atoms with E-state index in [1.54, 1.807) is 11.3 Å². The maximum absolute atomic E-state index is 13.4. The summed E-state index contributed by atoms with van der Waals surface area (Å²) in [6, 6.07) is 18.8. The summed E-state index contributed by atoms with van der Waals surface area (Å²) in [6.45, 7) is 2.12. The maximum atomic E-state index is 13.4. The minimum Gasteiger partial charge on any atom is -0.325 e. The minimum absolute atomic E-state index is 0.0577. The number of thiophene rings is 1. The van der Waals surface area contributed by atoms with Crippen LogP contribution >= 0.6 is 47.1 Å². The maximum Gasteiger partial charge on any atom is 0.266 e. The fraction of sp³-hybridized carbons (Fsp3) is 0.148. The van der Waals surface area contributed by atoms with E-state index in [1.165, 1.54) is 33.0 Å². The number of nitrogens with one attached hydrogen (secondary N) is 1. The van der Waals surface area contributed by atoms with E-state index in [2.05, 4.69) is 10.3 Å². The van der Waals surface area contributed by atoms with E-state index in [0.717, 1.165) is 16.1 Å². The van der Waals surface area contributed by atoms with Gasteiger partial charge >= 0.3 is 0 Å². The Bertz CT molecular complexity index is 1580. The molecular formula is C27H22N4O3S4. The fourth-order valence-corrected chi connectivity index (χ4v) is 6.76. The van der Waals surface area contributed by atoms with Gasteiger partial charge < -0.3 is 5.32 Å². The summed E-state index contributed by atoms with van der Waals surface area (Å²) < 4.78 is 1.96. The largest absolute Gasteiger partial charge is 0.325 e. The first-order valence-electron chi connectivity index (χ1n) is 11.7. The molecule has 0 atom stereocenters. The standard InChI is InChI=1S/C27H22N4O3S4/c1-17-6-4-7-18(14-17)28-23(32)16-37-26-29-20-9-2-3-10-21(20)31(26)24(33)11-12-30-25(34)22(38-27(30)35)15-19-8-5-13-36-19/h2-10,13-15H,11-12,16H2,1H3,(H,28,32)/b22-15-. The zero-order valence-corrected chi connectivity index (χ0v) is 23.5. The average Bonchev–Trinajstić information content (AvgIpc) is 3.60. The van der Waals surface area contributed by atoms with E-state index >= 15 is 0 Å². The van der Waals surface area contributed by atoms with E-state index in [0.29, 0.717) is 25.4 Å². The molecule has 2 aromatic heterocycles. The fourth-order valence-electron chi connectivity index (χ4n) is 3.91. The average molecular weight is 579 g/mol. The lowest BCUT2D eigenvalue weighted by atomic mass is 10.2. The number of anilines is 1. The van der Waals surface area contributed by atoms with Gasteiger partial charge in [-0.1, -0.05) is 66.1 Å². The molecule has 0 radical (unpaired) electrons. The van der Waals surface area contributed by atoms with Crippen LogP contribution in [0.2, 0.25) is 0 Å². The van der Waals surface area contributed by atoms with Gasteiger partial charge in [0, 0.05) is 23.5 Å². The predicted octanol–water partition coefficient (Wildman–Crippen LogP) is 6.07. The minimum atomic E-state index is -0.225.